The van der Waals surface area contributed by atoms with Crippen molar-refractivity contribution >= 4 is 5.78 Å². The molecule has 0 spiro atoms. The third-order valence-corrected chi connectivity index (χ3v) is 4.12. The summed E-state index contributed by atoms with van der Waals surface area (Å²) >= 11 is 0. The van der Waals surface area contributed by atoms with Crippen LogP contribution in [0.5, 0.6) is 5.75 Å². The number of ketones is 1. The summed E-state index contributed by atoms with van der Waals surface area (Å²) in [6.07, 6.45) is 4.81. The van der Waals surface area contributed by atoms with Crippen LogP contribution in [0.2, 0.25) is 0 Å². The number of carbonyl (C=O) groups is 1. The molecule has 0 amide bonds. The fourth-order valence-electron chi connectivity index (χ4n) is 3.09. The van der Waals surface area contributed by atoms with Gasteiger partial charge in [-0.3, -0.25) is 14.7 Å². The van der Waals surface area contributed by atoms with Gasteiger partial charge in [-0.2, -0.15) is 0 Å². The van der Waals surface area contributed by atoms with Crippen LogP contribution in [0.3, 0.4) is 0 Å². The fourth-order valence-corrected chi connectivity index (χ4v) is 3.09. The van der Waals surface area contributed by atoms with Crippen LogP contribution in [-0.4, -0.2) is 35.4 Å². The molecule has 1 aliphatic rings. The smallest absolute Gasteiger partial charge is 0.131 e. The van der Waals surface area contributed by atoms with Crippen molar-refractivity contribution in [3.05, 3.63) is 23.0 Å². The van der Waals surface area contributed by atoms with Gasteiger partial charge in [-0.1, -0.05) is 0 Å². The number of hydrogen-bond acceptors (Lipinski definition) is 4. The van der Waals surface area contributed by atoms with Gasteiger partial charge in [0.2, 0.25) is 0 Å². The molecule has 2 heterocycles. The predicted octanol–water partition coefficient (Wildman–Crippen LogP) is 2.65. The number of methoxy groups -OCH3 is 1. The molecule has 1 fully saturated rings. The second-order valence-electron chi connectivity index (χ2n) is 5.72. The summed E-state index contributed by atoms with van der Waals surface area (Å²) in [4.78, 5) is 18.3. The van der Waals surface area contributed by atoms with Crippen molar-refractivity contribution in [2.75, 3.05) is 13.7 Å². The molecular weight excluding hydrogens is 252 g/mol. The van der Waals surface area contributed by atoms with Gasteiger partial charge in [0, 0.05) is 36.3 Å². The summed E-state index contributed by atoms with van der Waals surface area (Å²) in [6.45, 7) is 7.60. The van der Waals surface area contributed by atoms with Crippen LogP contribution in [0, 0.1) is 13.8 Å². The van der Waals surface area contributed by atoms with Gasteiger partial charge in [0.05, 0.1) is 12.8 Å². The number of aryl methyl sites for hydroxylation is 1. The van der Waals surface area contributed by atoms with E-state index in [9.17, 15) is 4.79 Å². The quantitative estimate of drug-likeness (QED) is 0.829. The normalized spacial score (nSPS) is 19.3. The van der Waals surface area contributed by atoms with E-state index in [0.717, 1.165) is 42.1 Å². The van der Waals surface area contributed by atoms with Crippen LogP contribution >= 0.6 is 0 Å². The molecule has 1 saturated heterocycles. The second kappa shape index (κ2) is 6.35. The van der Waals surface area contributed by atoms with Crippen molar-refractivity contribution in [1.29, 1.82) is 0 Å². The zero-order valence-electron chi connectivity index (χ0n) is 12.9. The van der Waals surface area contributed by atoms with Gasteiger partial charge in [-0.25, -0.2) is 0 Å². The minimum atomic E-state index is 0.271. The maximum absolute atomic E-state index is 11.3. The van der Waals surface area contributed by atoms with Gasteiger partial charge in [-0.15, -0.1) is 0 Å². The Morgan fingerprint density at radius 2 is 2.25 bits per heavy atom. The molecule has 20 heavy (non-hydrogen) atoms. The van der Waals surface area contributed by atoms with E-state index in [1.165, 1.54) is 6.42 Å². The summed E-state index contributed by atoms with van der Waals surface area (Å²) in [5.74, 6) is 1.20. The topological polar surface area (TPSA) is 42.4 Å². The van der Waals surface area contributed by atoms with Gasteiger partial charge < -0.3 is 4.74 Å². The molecule has 1 aromatic rings. The number of hydrogen-bond donors (Lipinski definition) is 0. The Kier molecular flexibility index (Phi) is 4.76. The number of Topliss-reactive ketones (excluding diaryl/α,β-unsaturated/α-hetero) is 1. The summed E-state index contributed by atoms with van der Waals surface area (Å²) in [6, 6.07) is 0.376. The number of aromatic nitrogens is 1. The van der Waals surface area contributed by atoms with Crippen molar-refractivity contribution in [3.63, 3.8) is 0 Å². The maximum atomic E-state index is 11.3. The molecule has 0 saturated carbocycles. The van der Waals surface area contributed by atoms with Crippen molar-refractivity contribution < 1.29 is 9.53 Å². The Labute approximate surface area is 121 Å². The highest BCUT2D eigenvalue weighted by molar-refractivity contribution is 5.76. The van der Waals surface area contributed by atoms with Crippen LogP contribution in [0.15, 0.2) is 6.20 Å². The highest BCUT2D eigenvalue weighted by Crippen LogP contribution is 2.27. The number of ether oxygens (including phenoxy) is 1. The highest BCUT2D eigenvalue weighted by atomic mass is 16.5. The summed E-state index contributed by atoms with van der Waals surface area (Å²) in [7, 11) is 1.70. The first-order valence-corrected chi connectivity index (χ1v) is 7.25. The lowest BCUT2D eigenvalue weighted by Crippen LogP contribution is -2.31. The van der Waals surface area contributed by atoms with Crippen LogP contribution < -0.4 is 4.74 Å². The number of carbonyl (C=O) groups excluding carboxylic acids is 1. The van der Waals surface area contributed by atoms with E-state index >= 15 is 0 Å². The summed E-state index contributed by atoms with van der Waals surface area (Å²) < 4.78 is 5.46. The lowest BCUT2D eigenvalue weighted by atomic mass is 10.1. The molecule has 0 N–H and O–H groups in total. The van der Waals surface area contributed by atoms with E-state index in [2.05, 4.69) is 16.8 Å². The van der Waals surface area contributed by atoms with Crippen LogP contribution in [0.1, 0.15) is 43.0 Å². The first-order chi connectivity index (χ1) is 9.52. The Balaban J connectivity index is 2.15. The highest BCUT2D eigenvalue weighted by Gasteiger charge is 2.26. The zero-order chi connectivity index (χ0) is 14.7. The van der Waals surface area contributed by atoms with E-state index in [0.29, 0.717) is 12.5 Å². The minimum absolute atomic E-state index is 0.271. The van der Waals surface area contributed by atoms with Crippen LogP contribution in [-0.2, 0) is 11.3 Å². The number of pyridine rings is 1. The standard InChI is InChI=1S/C16H24N2O2/c1-11-9-17-15(13(3)16(11)20-4)10-18-7-5-6-14(18)8-12(2)19/h9,14H,5-8,10H2,1-4H3. The molecule has 0 aliphatic carbocycles. The Morgan fingerprint density at radius 3 is 2.90 bits per heavy atom. The predicted molar refractivity (Wildman–Crippen MR) is 79.0 cm³/mol. The molecule has 1 unspecified atom stereocenters. The number of likely N-dealkylation sites (tertiary alicyclic amines) is 1. The number of rotatable bonds is 5. The first-order valence-electron chi connectivity index (χ1n) is 7.25. The van der Waals surface area contributed by atoms with E-state index in [-0.39, 0.29) is 5.78 Å². The van der Waals surface area contributed by atoms with Crippen molar-refractivity contribution in [3.8, 4) is 5.75 Å². The molecule has 4 nitrogen and oxygen atoms in total. The zero-order valence-corrected chi connectivity index (χ0v) is 12.9. The van der Waals surface area contributed by atoms with E-state index in [4.69, 9.17) is 4.74 Å². The Bertz CT molecular complexity index is 499. The SMILES string of the molecule is COc1c(C)cnc(CN2CCCC2CC(C)=O)c1C. The molecule has 1 aliphatic heterocycles. The van der Waals surface area contributed by atoms with Gasteiger partial charge in [-0.05, 0) is 40.2 Å². The Morgan fingerprint density at radius 1 is 1.50 bits per heavy atom. The van der Waals surface area contributed by atoms with Gasteiger partial charge in [0.15, 0.2) is 0 Å². The minimum Gasteiger partial charge on any atom is -0.496 e. The van der Waals surface area contributed by atoms with E-state index in [1.54, 1.807) is 14.0 Å². The molecular formula is C16H24N2O2. The van der Waals surface area contributed by atoms with E-state index < -0.39 is 0 Å². The van der Waals surface area contributed by atoms with Crippen molar-refractivity contribution in [1.82, 2.24) is 9.88 Å². The molecule has 1 atom stereocenters. The van der Waals surface area contributed by atoms with E-state index in [1.807, 2.05) is 13.1 Å². The monoisotopic (exact) mass is 276 g/mol. The summed E-state index contributed by atoms with van der Waals surface area (Å²) in [5.41, 5.74) is 3.24. The number of nitrogens with zero attached hydrogens (tertiary/aromatic N) is 2. The Hall–Kier alpha value is -1.42. The fraction of sp³-hybridized carbons (Fsp3) is 0.625. The molecule has 0 radical (unpaired) electrons. The van der Waals surface area contributed by atoms with Crippen LogP contribution in [0.25, 0.3) is 0 Å². The van der Waals surface area contributed by atoms with Gasteiger partial charge in [0.1, 0.15) is 11.5 Å². The lowest BCUT2D eigenvalue weighted by Gasteiger charge is -2.24. The summed E-state index contributed by atoms with van der Waals surface area (Å²) in [5, 5.41) is 0. The lowest BCUT2D eigenvalue weighted by molar-refractivity contribution is -0.118. The average molecular weight is 276 g/mol. The largest absolute Gasteiger partial charge is 0.496 e. The van der Waals surface area contributed by atoms with Crippen LogP contribution in [0.4, 0.5) is 0 Å². The first kappa shape index (κ1) is 15.0. The van der Waals surface area contributed by atoms with Gasteiger partial charge >= 0.3 is 0 Å². The second-order valence-corrected chi connectivity index (χ2v) is 5.72. The third-order valence-electron chi connectivity index (χ3n) is 4.12. The average Bonchev–Trinajstić information content (AvgIpc) is 2.80. The van der Waals surface area contributed by atoms with Crippen molar-refractivity contribution in [2.45, 2.75) is 52.6 Å². The molecule has 2 rings (SSSR count). The molecule has 4 heteroatoms. The maximum Gasteiger partial charge on any atom is 0.131 e. The third kappa shape index (κ3) is 3.18. The molecule has 0 bridgehead atoms. The molecule has 1 aromatic heterocycles. The molecule has 0 aromatic carbocycles. The van der Waals surface area contributed by atoms with Gasteiger partial charge in [0.25, 0.3) is 0 Å². The van der Waals surface area contributed by atoms with Crippen molar-refractivity contribution in [2.24, 2.45) is 0 Å². The molecule has 110 valence electrons.